The number of carbonyl (C=O) groups excluding carboxylic acids is 5. The molecule has 0 fully saturated rings. The second-order valence-electron chi connectivity index (χ2n) is 12.4. The van der Waals surface area contributed by atoms with Crippen molar-refractivity contribution in [1.82, 2.24) is 31.6 Å². The van der Waals surface area contributed by atoms with Gasteiger partial charge < -0.3 is 48.8 Å². The summed E-state index contributed by atoms with van der Waals surface area (Å²) in [7, 11) is 0. The van der Waals surface area contributed by atoms with Crippen LogP contribution < -0.4 is 43.8 Å². The van der Waals surface area contributed by atoms with Gasteiger partial charge in [-0.25, -0.2) is 4.99 Å². The molecule has 0 unspecified atom stereocenters. The molecule has 0 saturated carbocycles. The molecule has 1 aliphatic rings. The van der Waals surface area contributed by atoms with E-state index in [4.69, 9.17) is 17.2 Å². The molecule has 1 aliphatic heterocycles. The molecule has 3 aromatic rings. The summed E-state index contributed by atoms with van der Waals surface area (Å²) in [5, 5.41) is 14.9. The number of amides is 5. The normalized spacial score (nSPS) is 20.5. The summed E-state index contributed by atoms with van der Waals surface area (Å²) < 4.78 is 0. The SMILES string of the molecule is NCCCC[C@@H]1NC(=O)Cc2cccc(c2)CNC(=O)CNC(=O)[C@H](N=C(N)N)CCCCNC(=O)[C@H](Cc2c[nH]c3ccccc23)NC1=O. The molecule has 2 heterocycles. The number of guanidine groups is 1. The van der Waals surface area contributed by atoms with Gasteiger partial charge in [0.1, 0.15) is 18.1 Å². The predicted octanol–water partition coefficient (Wildman–Crippen LogP) is -0.274. The summed E-state index contributed by atoms with van der Waals surface area (Å²) in [5.74, 6) is -2.42. The first-order chi connectivity index (χ1) is 24.1. The number of rotatable bonds is 7. The molecule has 0 spiro atoms. The van der Waals surface area contributed by atoms with E-state index in [1.165, 1.54) is 0 Å². The fraction of sp³-hybridized carbons (Fsp3) is 0.429. The van der Waals surface area contributed by atoms with Crippen molar-refractivity contribution in [1.29, 1.82) is 0 Å². The number of nitrogens with two attached hydrogens (primary N) is 3. The Morgan fingerprint density at radius 1 is 0.780 bits per heavy atom. The zero-order valence-corrected chi connectivity index (χ0v) is 28.1. The average Bonchev–Trinajstić information content (AvgIpc) is 3.50. The molecule has 0 saturated heterocycles. The Hall–Kier alpha value is -5.44. The van der Waals surface area contributed by atoms with E-state index in [1.807, 2.05) is 30.5 Å². The van der Waals surface area contributed by atoms with Crippen molar-refractivity contribution in [2.24, 2.45) is 22.2 Å². The number of hydrogen-bond acceptors (Lipinski definition) is 7. The molecular formula is C35H48N10O5. The number of H-pyrrole nitrogens is 1. The zero-order valence-electron chi connectivity index (χ0n) is 28.1. The Kier molecular flexibility index (Phi) is 14.2. The number of hydrogen-bond donors (Lipinski definition) is 9. The number of aromatic amines is 1. The lowest BCUT2D eigenvalue weighted by Crippen LogP contribution is -2.54. The summed E-state index contributed by atoms with van der Waals surface area (Å²) in [6, 6.07) is 12.1. The minimum Gasteiger partial charge on any atom is -0.370 e. The smallest absolute Gasteiger partial charge is 0.245 e. The van der Waals surface area contributed by atoms with Crippen LogP contribution in [-0.4, -0.2) is 78.2 Å². The lowest BCUT2D eigenvalue weighted by atomic mass is 10.0. The lowest BCUT2D eigenvalue weighted by molar-refractivity contribution is -0.132. The third kappa shape index (κ3) is 11.6. The summed E-state index contributed by atoms with van der Waals surface area (Å²) in [6.07, 6.45) is 4.85. The predicted molar refractivity (Wildman–Crippen MR) is 190 cm³/mol. The van der Waals surface area contributed by atoms with Gasteiger partial charge >= 0.3 is 0 Å². The third-order valence-corrected chi connectivity index (χ3v) is 8.41. The van der Waals surface area contributed by atoms with Gasteiger partial charge in [-0.1, -0.05) is 42.5 Å². The minimum atomic E-state index is -0.945. The molecule has 12 N–H and O–H groups in total. The van der Waals surface area contributed by atoms with Crippen LogP contribution in [0.3, 0.4) is 0 Å². The van der Waals surface area contributed by atoms with Crippen molar-refractivity contribution in [2.75, 3.05) is 19.6 Å². The van der Waals surface area contributed by atoms with Crippen molar-refractivity contribution in [2.45, 2.75) is 76.0 Å². The Bertz CT molecular complexity index is 1670. The molecule has 0 radical (unpaired) electrons. The van der Waals surface area contributed by atoms with Gasteiger partial charge in [0.25, 0.3) is 0 Å². The van der Waals surface area contributed by atoms with E-state index in [2.05, 4.69) is 36.6 Å². The topological polar surface area (TPSA) is 252 Å². The highest BCUT2D eigenvalue weighted by molar-refractivity contribution is 5.93. The number of para-hydroxylation sites is 1. The van der Waals surface area contributed by atoms with Gasteiger partial charge in [-0.15, -0.1) is 0 Å². The van der Waals surface area contributed by atoms with Gasteiger partial charge in [0.05, 0.1) is 13.0 Å². The average molecular weight is 689 g/mol. The summed E-state index contributed by atoms with van der Waals surface area (Å²) in [5.41, 5.74) is 20.0. The highest BCUT2D eigenvalue weighted by Gasteiger charge is 2.28. The molecule has 15 nitrogen and oxygen atoms in total. The fourth-order valence-corrected chi connectivity index (χ4v) is 5.82. The van der Waals surface area contributed by atoms with Crippen LogP contribution >= 0.6 is 0 Å². The van der Waals surface area contributed by atoms with Crippen molar-refractivity contribution in [3.8, 4) is 0 Å². The van der Waals surface area contributed by atoms with Crippen LogP contribution in [0.4, 0.5) is 0 Å². The van der Waals surface area contributed by atoms with Crippen molar-refractivity contribution in [3.05, 3.63) is 71.4 Å². The highest BCUT2D eigenvalue weighted by Crippen LogP contribution is 2.19. The van der Waals surface area contributed by atoms with Crippen LogP contribution in [0, 0.1) is 0 Å². The molecule has 268 valence electrons. The van der Waals surface area contributed by atoms with Crippen LogP contribution in [0.2, 0.25) is 0 Å². The first-order valence-electron chi connectivity index (χ1n) is 17.0. The number of carbonyl (C=O) groups is 5. The van der Waals surface area contributed by atoms with Crippen LogP contribution in [0.5, 0.6) is 0 Å². The van der Waals surface area contributed by atoms with E-state index in [-0.39, 0.29) is 50.8 Å². The van der Waals surface area contributed by atoms with E-state index in [0.29, 0.717) is 44.2 Å². The lowest BCUT2D eigenvalue weighted by Gasteiger charge is -2.23. The van der Waals surface area contributed by atoms with Crippen LogP contribution in [0.1, 0.15) is 55.2 Å². The van der Waals surface area contributed by atoms with Crippen molar-refractivity contribution >= 4 is 46.4 Å². The van der Waals surface area contributed by atoms with E-state index in [1.54, 1.807) is 24.3 Å². The Morgan fingerprint density at radius 3 is 2.38 bits per heavy atom. The van der Waals surface area contributed by atoms with Crippen LogP contribution in [0.15, 0.2) is 59.7 Å². The zero-order chi connectivity index (χ0) is 35.9. The molecule has 50 heavy (non-hydrogen) atoms. The molecule has 5 amide bonds. The number of nitrogens with zero attached hydrogens (tertiary/aromatic N) is 1. The number of fused-ring (bicyclic) bond motifs is 3. The number of aliphatic imine (C=N–C) groups is 1. The summed E-state index contributed by atoms with van der Waals surface area (Å²) >= 11 is 0. The second kappa shape index (κ2) is 18.9. The van der Waals surface area contributed by atoms with E-state index >= 15 is 0 Å². The number of benzene rings is 2. The molecule has 3 atom stereocenters. The maximum Gasteiger partial charge on any atom is 0.245 e. The molecule has 4 rings (SSSR count). The first kappa shape index (κ1) is 37.4. The van der Waals surface area contributed by atoms with Crippen LogP contribution in [0.25, 0.3) is 10.9 Å². The summed E-state index contributed by atoms with van der Waals surface area (Å²) in [4.78, 5) is 73.3. The largest absolute Gasteiger partial charge is 0.370 e. The fourth-order valence-electron chi connectivity index (χ4n) is 5.82. The summed E-state index contributed by atoms with van der Waals surface area (Å²) in [6.45, 7) is 0.587. The molecule has 15 heteroatoms. The van der Waals surface area contributed by atoms with Gasteiger partial charge in [-0.2, -0.15) is 0 Å². The molecule has 2 aromatic carbocycles. The van der Waals surface area contributed by atoms with Gasteiger partial charge in [0.15, 0.2) is 5.96 Å². The number of nitrogens with one attached hydrogen (secondary N) is 6. The maximum atomic E-state index is 13.8. The monoisotopic (exact) mass is 688 g/mol. The second-order valence-corrected chi connectivity index (χ2v) is 12.4. The van der Waals surface area contributed by atoms with Gasteiger partial charge in [-0.05, 0) is 67.8 Å². The van der Waals surface area contributed by atoms with Crippen molar-refractivity contribution < 1.29 is 24.0 Å². The Morgan fingerprint density at radius 2 is 1.58 bits per heavy atom. The molecule has 2 bridgehead atoms. The van der Waals surface area contributed by atoms with E-state index in [9.17, 15) is 24.0 Å². The molecule has 0 aliphatic carbocycles. The van der Waals surface area contributed by atoms with E-state index < -0.39 is 41.8 Å². The quantitative estimate of drug-likeness (QED) is 0.0905. The van der Waals surface area contributed by atoms with Gasteiger partial charge in [-0.3, -0.25) is 24.0 Å². The number of aromatic nitrogens is 1. The maximum absolute atomic E-state index is 13.8. The highest BCUT2D eigenvalue weighted by atomic mass is 16.2. The third-order valence-electron chi connectivity index (χ3n) is 8.41. The van der Waals surface area contributed by atoms with Gasteiger partial charge in [0.2, 0.25) is 29.5 Å². The van der Waals surface area contributed by atoms with E-state index in [0.717, 1.165) is 22.0 Å². The Labute approximate surface area is 291 Å². The van der Waals surface area contributed by atoms with Crippen LogP contribution in [-0.2, 0) is 43.4 Å². The number of unbranched alkanes of at least 4 members (excludes halogenated alkanes) is 1. The van der Waals surface area contributed by atoms with Gasteiger partial charge in [0, 0.05) is 36.6 Å². The molecule has 1 aromatic heterocycles. The Balaban J connectivity index is 1.58. The first-order valence-corrected chi connectivity index (χ1v) is 17.0. The molecular weight excluding hydrogens is 640 g/mol. The standard InChI is InChI=1S/C35H48N10O5/c36-14-5-3-12-28-34(50)44-29(18-24-20-40-26-11-2-1-10-25(24)26)33(49)39-15-6-4-13-27(45-35(37)38)32(48)42-21-31(47)41-19-23-9-7-8-22(16-23)17-30(46)43-28/h1-2,7-11,16,20,27-29,40H,3-6,12-15,17-19,21,36H2,(H,39,49)(H,41,47)(H,42,48)(H,43,46)(H,44,50)(H4,37,38,45)/t27-,28+,29+/m1/s1. The van der Waals surface area contributed by atoms with Crippen molar-refractivity contribution in [3.63, 3.8) is 0 Å². The minimum absolute atomic E-state index is 0.00997.